The third kappa shape index (κ3) is 2.53. The molecule has 0 spiro atoms. The monoisotopic (exact) mass is 230 g/mol. The molecule has 2 aromatic rings. The Morgan fingerprint density at radius 2 is 2.12 bits per heavy atom. The molecule has 0 aliphatic rings. The van der Waals surface area contributed by atoms with E-state index in [0.717, 1.165) is 11.1 Å². The van der Waals surface area contributed by atoms with Gasteiger partial charge in [0.1, 0.15) is 5.69 Å². The third-order valence-corrected chi connectivity index (χ3v) is 2.53. The summed E-state index contributed by atoms with van der Waals surface area (Å²) < 4.78 is 6.64. The summed E-state index contributed by atoms with van der Waals surface area (Å²) in [6.45, 7) is 2.59. The lowest BCUT2D eigenvalue weighted by atomic mass is 10.2. The predicted molar refractivity (Wildman–Crippen MR) is 63.8 cm³/mol. The molecule has 0 atom stereocenters. The Morgan fingerprint density at radius 3 is 2.76 bits per heavy atom. The molecule has 2 aromatic heterocycles. The molecule has 4 nitrogen and oxygen atoms in total. The molecule has 0 N–H and O–H groups in total. The van der Waals surface area contributed by atoms with Crippen LogP contribution in [0.5, 0.6) is 0 Å². The van der Waals surface area contributed by atoms with E-state index in [1.165, 1.54) is 7.11 Å². The van der Waals surface area contributed by atoms with Crippen LogP contribution in [0.4, 0.5) is 0 Å². The van der Waals surface area contributed by atoms with Crippen LogP contribution in [0.1, 0.15) is 21.6 Å². The zero-order chi connectivity index (χ0) is 12.3. The van der Waals surface area contributed by atoms with Gasteiger partial charge in [-0.05, 0) is 36.2 Å². The van der Waals surface area contributed by atoms with E-state index in [0.29, 0.717) is 12.2 Å². The summed E-state index contributed by atoms with van der Waals surface area (Å²) in [6.07, 6.45) is 5.42. The SMILES string of the molecule is COC(=O)c1cc(C)cn1Cc1ccncc1. The van der Waals surface area contributed by atoms with E-state index in [1.807, 2.05) is 35.9 Å². The summed E-state index contributed by atoms with van der Waals surface area (Å²) in [5, 5.41) is 0. The summed E-state index contributed by atoms with van der Waals surface area (Å²) in [5.41, 5.74) is 2.71. The molecule has 0 bridgehead atoms. The van der Waals surface area contributed by atoms with E-state index in [9.17, 15) is 4.79 Å². The molecule has 88 valence electrons. The molecule has 17 heavy (non-hydrogen) atoms. The highest BCUT2D eigenvalue weighted by Gasteiger charge is 2.12. The Labute approximate surface area is 99.9 Å². The largest absolute Gasteiger partial charge is 0.464 e. The minimum atomic E-state index is -0.313. The van der Waals surface area contributed by atoms with Crippen LogP contribution in [0.2, 0.25) is 0 Å². The first-order valence-corrected chi connectivity index (χ1v) is 5.34. The maximum absolute atomic E-state index is 11.6. The van der Waals surface area contributed by atoms with Crippen molar-refractivity contribution in [1.29, 1.82) is 0 Å². The molecular weight excluding hydrogens is 216 g/mol. The topological polar surface area (TPSA) is 44.1 Å². The van der Waals surface area contributed by atoms with Crippen molar-refractivity contribution >= 4 is 5.97 Å². The molecule has 0 aliphatic heterocycles. The minimum absolute atomic E-state index is 0.313. The molecule has 0 amide bonds. The van der Waals surface area contributed by atoms with E-state index >= 15 is 0 Å². The number of pyridine rings is 1. The standard InChI is InChI=1S/C13H14N2O2/c1-10-7-12(13(16)17-2)15(8-10)9-11-3-5-14-6-4-11/h3-8H,9H2,1-2H3. The molecule has 0 saturated heterocycles. The van der Waals surface area contributed by atoms with Gasteiger partial charge in [0.05, 0.1) is 7.11 Å². The van der Waals surface area contributed by atoms with Crippen molar-refractivity contribution in [3.05, 3.63) is 53.6 Å². The second-order valence-electron chi connectivity index (χ2n) is 3.88. The Kier molecular flexibility index (Phi) is 3.23. The van der Waals surface area contributed by atoms with Gasteiger partial charge in [-0.1, -0.05) is 0 Å². The average molecular weight is 230 g/mol. The fourth-order valence-electron chi connectivity index (χ4n) is 1.75. The summed E-state index contributed by atoms with van der Waals surface area (Å²) in [7, 11) is 1.39. The lowest BCUT2D eigenvalue weighted by molar-refractivity contribution is 0.0589. The van der Waals surface area contributed by atoms with Crippen LogP contribution in [0, 0.1) is 6.92 Å². The number of ether oxygens (including phenoxy) is 1. The normalized spacial score (nSPS) is 10.2. The molecule has 2 heterocycles. The highest BCUT2D eigenvalue weighted by molar-refractivity contribution is 5.88. The van der Waals surface area contributed by atoms with Gasteiger partial charge in [0, 0.05) is 25.1 Å². The summed E-state index contributed by atoms with van der Waals surface area (Å²) in [6, 6.07) is 5.68. The first-order chi connectivity index (χ1) is 8.20. The van der Waals surface area contributed by atoms with Crippen molar-refractivity contribution in [1.82, 2.24) is 9.55 Å². The number of carbonyl (C=O) groups is 1. The zero-order valence-corrected chi connectivity index (χ0v) is 9.88. The van der Waals surface area contributed by atoms with Gasteiger partial charge in [0.2, 0.25) is 0 Å². The van der Waals surface area contributed by atoms with Gasteiger partial charge >= 0.3 is 5.97 Å². The number of nitrogens with zero attached hydrogens (tertiary/aromatic N) is 2. The number of esters is 1. The highest BCUT2D eigenvalue weighted by Crippen LogP contribution is 2.11. The minimum Gasteiger partial charge on any atom is -0.464 e. The highest BCUT2D eigenvalue weighted by atomic mass is 16.5. The molecule has 0 unspecified atom stereocenters. The molecule has 0 fully saturated rings. The molecule has 0 radical (unpaired) electrons. The van der Waals surface area contributed by atoms with Crippen molar-refractivity contribution < 1.29 is 9.53 Å². The first kappa shape index (κ1) is 11.4. The van der Waals surface area contributed by atoms with Crippen molar-refractivity contribution in [3.8, 4) is 0 Å². The van der Waals surface area contributed by atoms with Crippen molar-refractivity contribution in [2.45, 2.75) is 13.5 Å². The number of hydrogen-bond donors (Lipinski definition) is 0. The van der Waals surface area contributed by atoms with Gasteiger partial charge in [-0.15, -0.1) is 0 Å². The zero-order valence-electron chi connectivity index (χ0n) is 9.88. The van der Waals surface area contributed by atoms with Crippen LogP contribution in [0.25, 0.3) is 0 Å². The lowest BCUT2D eigenvalue weighted by Crippen LogP contribution is -2.10. The number of methoxy groups -OCH3 is 1. The van der Waals surface area contributed by atoms with Crippen molar-refractivity contribution in [3.63, 3.8) is 0 Å². The smallest absolute Gasteiger partial charge is 0.354 e. The number of hydrogen-bond acceptors (Lipinski definition) is 3. The molecule has 2 rings (SSSR count). The number of aryl methyl sites for hydroxylation is 1. The first-order valence-electron chi connectivity index (χ1n) is 5.34. The second kappa shape index (κ2) is 4.82. The van der Waals surface area contributed by atoms with Crippen LogP contribution in [-0.4, -0.2) is 22.6 Å². The summed E-state index contributed by atoms with van der Waals surface area (Å²) in [5.74, 6) is -0.313. The van der Waals surface area contributed by atoms with Crippen LogP contribution in [0.15, 0.2) is 36.8 Å². The van der Waals surface area contributed by atoms with E-state index in [4.69, 9.17) is 4.74 Å². The average Bonchev–Trinajstić information content (AvgIpc) is 2.70. The van der Waals surface area contributed by atoms with Crippen LogP contribution in [-0.2, 0) is 11.3 Å². The van der Waals surface area contributed by atoms with Gasteiger partial charge in [-0.25, -0.2) is 4.79 Å². The number of aromatic nitrogens is 2. The van der Waals surface area contributed by atoms with Gasteiger partial charge in [0.15, 0.2) is 0 Å². The quantitative estimate of drug-likeness (QED) is 0.758. The van der Waals surface area contributed by atoms with Crippen LogP contribution >= 0.6 is 0 Å². The van der Waals surface area contributed by atoms with E-state index in [-0.39, 0.29) is 5.97 Å². The predicted octanol–water partition coefficient (Wildman–Crippen LogP) is 2.03. The molecule has 0 aromatic carbocycles. The Morgan fingerprint density at radius 1 is 1.41 bits per heavy atom. The maximum atomic E-state index is 11.6. The van der Waals surface area contributed by atoms with Gasteiger partial charge in [-0.2, -0.15) is 0 Å². The van der Waals surface area contributed by atoms with Crippen molar-refractivity contribution in [2.24, 2.45) is 0 Å². The summed E-state index contributed by atoms with van der Waals surface area (Å²) in [4.78, 5) is 15.5. The fraction of sp³-hybridized carbons (Fsp3) is 0.231. The molecule has 0 saturated carbocycles. The van der Waals surface area contributed by atoms with Crippen LogP contribution in [0.3, 0.4) is 0 Å². The molecule has 4 heteroatoms. The summed E-state index contributed by atoms with van der Waals surface area (Å²) >= 11 is 0. The third-order valence-electron chi connectivity index (χ3n) is 2.53. The Hall–Kier alpha value is -2.10. The molecule has 0 aliphatic carbocycles. The number of rotatable bonds is 3. The molecular formula is C13H14N2O2. The Balaban J connectivity index is 2.30. The van der Waals surface area contributed by atoms with Gasteiger partial charge in [-0.3, -0.25) is 4.98 Å². The van der Waals surface area contributed by atoms with Gasteiger partial charge < -0.3 is 9.30 Å². The van der Waals surface area contributed by atoms with E-state index < -0.39 is 0 Å². The van der Waals surface area contributed by atoms with E-state index in [1.54, 1.807) is 12.4 Å². The van der Waals surface area contributed by atoms with Crippen LogP contribution < -0.4 is 0 Å². The fourth-order valence-corrected chi connectivity index (χ4v) is 1.75. The second-order valence-corrected chi connectivity index (χ2v) is 3.88. The van der Waals surface area contributed by atoms with E-state index in [2.05, 4.69) is 4.98 Å². The maximum Gasteiger partial charge on any atom is 0.354 e. The van der Waals surface area contributed by atoms with Gasteiger partial charge in [0.25, 0.3) is 0 Å². The van der Waals surface area contributed by atoms with Crippen molar-refractivity contribution in [2.75, 3.05) is 7.11 Å². The lowest BCUT2D eigenvalue weighted by Gasteiger charge is -2.07. The Bertz CT molecular complexity index is 517. The number of carbonyl (C=O) groups excluding carboxylic acids is 1.